The number of halogens is 2. The molecule has 1 aromatic carbocycles. The molecule has 1 aliphatic heterocycles. The molecule has 7 heteroatoms. The van der Waals surface area contributed by atoms with E-state index in [1.54, 1.807) is 18.0 Å². The topological polar surface area (TPSA) is 66.5 Å². The predicted molar refractivity (Wildman–Crippen MR) is 93.1 cm³/mol. The van der Waals surface area contributed by atoms with Crippen LogP contribution in [0.15, 0.2) is 18.2 Å². The summed E-state index contributed by atoms with van der Waals surface area (Å²) in [5.41, 5.74) is 1.04. The first-order valence-corrected chi connectivity index (χ1v) is 8.63. The Labute approximate surface area is 151 Å². The minimum absolute atomic E-state index is 0.0181. The monoisotopic (exact) mass is 370 g/mol. The highest BCUT2D eigenvalue weighted by atomic mass is 35.5. The molecule has 0 aromatic heterocycles. The molecule has 2 unspecified atom stereocenters. The summed E-state index contributed by atoms with van der Waals surface area (Å²) in [6, 6.07) is 5.46. The van der Waals surface area contributed by atoms with Crippen LogP contribution < -0.4 is 5.32 Å². The number of aryl methyl sites for hydroxylation is 1. The van der Waals surface area contributed by atoms with Crippen molar-refractivity contribution in [1.29, 1.82) is 0 Å². The molecule has 1 saturated heterocycles. The second-order valence-corrected chi connectivity index (χ2v) is 6.74. The molecule has 1 heterocycles. The summed E-state index contributed by atoms with van der Waals surface area (Å²) in [6.45, 7) is 2.08. The maximum Gasteiger partial charge on any atom is 0.288 e. The zero-order valence-corrected chi connectivity index (χ0v) is 15.2. The van der Waals surface area contributed by atoms with E-state index in [0.29, 0.717) is 10.0 Å². The molecule has 0 aliphatic carbocycles. The number of Topliss-reactive ketones (excluding diaryl/α,β-unsaturated/α-hetero) is 1. The van der Waals surface area contributed by atoms with Crippen LogP contribution in [0.4, 0.5) is 0 Å². The van der Waals surface area contributed by atoms with Gasteiger partial charge in [0, 0.05) is 19.6 Å². The van der Waals surface area contributed by atoms with Crippen LogP contribution in [0.5, 0.6) is 0 Å². The fourth-order valence-electron chi connectivity index (χ4n) is 2.86. The second kappa shape index (κ2) is 7.99. The van der Waals surface area contributed by atoms with Gasteiger partial charge in [-0.15, -0.1) is 0 Å². The van der Waals surface area contributed by atoms with Crippen LogP contribution in [0.2, 0.25) is 10.0 Å². The highest BCUT2D eigenvalue weighted by Crippen LogP contribution is 2.24. The quantitative estimate of drug-likeness (QED) is 0.617. The largest absolute Gasteiger partial charge is 0.348 e. The Bertz CT molecular complexity index is 663. The van der Waals surface area contributed by atoms with Gasteiger partial charge in [0.1, 0.15) is 5.92 Å². The number of rotatable bonds is 6. The van der Waals surface area contributed by atoms with E-state index in [4.69, 9.17) is 23.2 Å². The lowest BCUT2D eigenvalue weighted by molar-refractivity contribution is -0.144. The summed E-state index contributed by atoms with van der Waals surface area (Å²) < 4.78 is 0. The van der Waals surface area contributed by atoms with E-state index >= 15 is 0 Å². The van der Waals surface area contributed by atoms with Crippen LogP contribution in [0, 0.1) is 5.92 Å². The van der Waals surface area contributed by atoms with Crippen molar-refractivity contribution in [3.05, 3.63) is 33.8 Å². The van der Waals surface area contributed by atoms with Gasteiger partial charge in [0.05, 0.1) is 10.0 Å². The molecule has 5 nitrogen and oxygen atoms in total. The van der Waals surface area contributed by atoms with Gasteiger partial charge >= 0.3 is 0 Å². The number of hydrogen-bond donors (Lipinski definition) is 1. The number of nitrogens with zero attached hydrogens (tertiary/aromatic N) is 1. The molecule has 2 atom stereocenters. The molecule has 0 spiro atoms. The van der Waals surface area contributed by atoms with Gasteiger partial charge in [0.2, 0.25) is 11.7 Å². The average Bonchev–Trinajstić information content (AvgIpc) is 2.90. The summed E-state index contributed by atoms with van der Waals surface area (Å²) in [4.78, 5) is 37.1. The second-order valence-electron chi connectivity index (χ2n) is 5.93. The molecule has 0 bridgehead atoms. The van der Waals surface area contributed by atoms with Crippen molar-refractivity contribution < 1.29 is 14.4 Å². The highest BCUT2D eigenvalue weighted by Gasteiger charge is 2.40. The Hall–Kier alpha value is -1.59. The first-order valence-electron chi connectivity index (χ1n) is 7.87. The summed E-state index contributed by atoms with van der Waals surface area (Å²) >= 11 is 11.9. The van der Waals surface area contributed by atoms with Crippen molar-refractivity contribution in [2.24, 2.45) is 5.92 Å². The summed E-state index contributed by atoms with van der Waals surface area (Å²) in [5, 5.41) is 3.44. The fraction of sp³-hybridized carbons (Fsp3) is 0.471. The molecule has 0 saturated carbocycles. The third-order valence-electron chi connectivity index (χ3n) is 4.42. The Balaban J connectivity index is 1.99. The Morgan fingerprint density at radius 3 is 2.58 bits per heavy atom. The SMILES string of the molecule is CCC(CCc1ccc(Cl)c(Cl)c1)N(C)C(=O)C1CNC(=O)C1=O. The van der Waals surface area contributed by atoms with Crippen LogP contribution in [-0.2, 0) is 20.8 Å². The summed E-state index contributed by atoms with van der Waals surface area (Å²) in [6.07, 6.45) is 2.23. The van der Waals surface area contributed by atoms with E-state index in [0.717, 1.165) is 24.8 Å². The van der Waals surface area contributed by atoms with Crippen LogP contribution in [0.3, 0.4) is 0 Å². The maximum atomic E-state index is 12.5. The lowest BCUT2D eigenvalue weighted by Crippen LogP contribution is -2.43. The van der Waals surface area contributed by atoms with Crippen molar-refractivity contribution in [3.8, 4) is 0 Å². The molecule has 24 heavy (non-hydrogen) atoms. The Kier molecular flexibility index (Phi) is 6.24. The van der Waals surface area contributed by atoms with Crippen LogP contribution >= 0.6 is 23.2 Å². The van der Waals surface area contributed by atoms with Crippen LogP contribution in [-0.4, -0.2) is 42.1 Å². The van der Waals surface area contributed by atoms with Gasteiger partial charge in [0.25, 0.3) is 5.91 Å². The van der Waals surface area contributed by atoms with Gasteiger partial charge in [-0.3, -0.25) is 14.4 Å². The van der Waals surface area contributed by atoms with E-state index in [-0.39, 0.29) is 18.5 Å². The number of nitrogens with one attached hydrogen (secondary N) is 1. The van der Waals surface area contributed by atoms with Gasteiger partial charge in [-0.2, -0.15) is 0 Å². The molecule has 0 radical (unpaired) electrons. The van der Waals surface area contributed by atoms with Crippen molar-refractivity contribution in [3.63, 3.8) is 0 Å². The molecule has 1 aliphatic rings. The lowest BCUT2D eigenvalue weighted by Gasteiger charge is -2.29. The molecule has 2 rings (SSSR count). The van der Waals surface area contributed by atoms with Crippen molar-refractivity contribution in [2.45, 2.75) is 32.2 Å². The maximum absolute atomic E-state index is 12.5. The summed E-state index contributed by atoms with van der Waals surface area (Å²) in [7, 11) is 1.68. The number of amides is 2. The van der Waals surface area contributed by atoms with Crippen molar-refractivity contribution in [1.82, 2.24) is 10.2 Å². The van der Waals surface area contributed by atoms with Gasteiger partial charge in [-0.05, 0) is 37.0 Å². The Morgan fingerprint density at radius 2 is 2.04 bits per heavy atom. The van der Waals surface area contributed by atoms with Gasteiger partial charge in [-0.1, -0.05) is 36.2 Å². The molecule has 1 aromatic rings. The number of carbonyl (C=O) groups is 3. The fourth-order valence-corrected chi connectivity index (χ4v) is 3.18. The van der Waals surface area contributed by atoms with Crippen LogP contribution in [0.1, 0.15) is 25.3 Å². The zero-order valence-electron chi connectivity index (χ0n) is 13.6. The van der Waals surface area contributed by atoms with E-state index in [1.165, 1.54) is 0 Å². The highest BCUT2D eigenvalue weighted by molar-refractivity contribution is 6.42. The van der Waals surface area contributed by atoms with Gasteiger partial charge in [0.15, 0.2) is 0 Å². The molecule has 130 valence electrons. The predicted octanol–water partition coefficient (Wildman–Crippen LogP) is 2.48. The number of ketones is 1. The van der Waals surface area contributed by atoms with E-state index in [1.807, 2.05) is 19.1 Å². The van der Waals surface area contributed by atoms with Crippen molar-refractivity contribution >= 4 is 40.8 Å². The first kappa shape index (κ1) is 18.7. The number of benzene rings is 1. The van der Waals surface area contributed by atoms with E-state index < -0.39 is 17.6 Å². The van der Waals surface area contributed by atoms with Crippen molar-refractivity contribution in [2.75, 3.05) is 13.6 Å². The summed E-state index contributed by atoms with van der Waals surface area (Å²) in [5.74, 6) is -2.53. The molecule has 1 fully saturated rings. The molecular formula is C17H20Cl2N2O3. The average molecular weight is 371 g/mol. The number of hydrogen-bond acceptors (Lipinski definition) is 3. The van der Waals surface area contributed by atoms with Crippen LogP contribution in [0.25, 0.3) is 0 Å². The smallest absolute Gasteiger partial charge is 0.288 e. The molecule has 1 N–H and O–H groups in total. The minimum Gasteiger partial charge on any atom is -0.348 e. The number of carbonyl (C=O) groups excluding carboxylic acids is 3. The first-order chi connectivity index (χ1) is 11.3. The molecular weight excluding hydrogens is 351 g/mol. The third kappa shape index (κ3) is 4.08. The minimum atomic E-state index is -0.901. The Morgan fingerprint density at radius 1 is 1.33 bits per heavy atom. The third-order valence-corrected chi connectivity index (χ3v) is 5.16. The molecule has 2 amide bonds. The van der Waals surface area contributed by atoms with Gasteiger partial charge < -0.3 is 10.2 Å². The zero-order chi connectivity index (χ0) is 17.9. The normalized spacial score (nSPS) is 18.4. The van der Waals surface area contributed by atoms with Gasteiger partial charge in [-0.25, -0.2) is 0 Å². The van der Waals surface area contributed by atoms with E-state index in [9.17, 15) is 14.4 Å². The standard InChI is InChI=1S/C17H20Cl2N2O3/c1-3-11(6-4-10-5-7-13(18)14(19)8-10)21(2)17(24)12-9-20-16(23)15(12)22/h5,7-8,11-12H,3-4,6,9H2,1-2H3,(H,20,23). The van der Waals surface area contributed by atoms with E-state index in [2.05, 4.69) is 5.32 Å². The lowest BCUT2D eigenvalue weighted by atomic mass is 10.00.